The lowest BCUT2D eigenvalue weighted by molar-refractivity contribution is 0.288. The number of nitrogens with zero attached hydrogens (tertiary/aromatic N) is 1. The summed E-state index contributed by atoms with van der Waals surface area (Å²) in [7, 11) is 2.22. The second-order valence-electron chi connectivity index (χ2n) is 8.49. The number of sulfone groups is 1. The van der Waals surface area contributed by atoms with Crippen molar-refractivity contribution in [1.29, 1.82) is 0 Å². The van der Waals surface area contributed by atoms with E-state index in [-0.39, 0.29) is 41.1 Å². The van der Waals surface area contributed by atoms with Crippen molar-refractivity contribution in [3.8, 4) is 11.5 Å². The Hall–Kier alpha value is -1.23. The number of rotatable bonds is 7. The van der Waals surface area contributed by atoms with Crippen molar-refractivity contribution in [3.63, 3.8) is 0 Å². The molecule has 9 heteroatoms. The first-order valence-electron chi connectivity index (χ1n) is 10.8. The van der Waals surface area contributed by atoms with E-state index in [9.17, 15) is 8.42 Å². The monoisotopic (exact) mass is 565 g/mol. The Bertz CT molecular complexity index is 854. The van der Waals surface area contributed by atoms with E-state index >= 15 is 0 Å². The van der Waals surface area contributed by atoms with Gasteiger partial charge in [0.1, 0.15) is 0 Å². The zero-order valence-corrected chi connectivity index (χ0v) is 21.9. The molecule has 31 heavy (non-hydrogen) atoms. The van der Waals surface area contributed by atoms with Gasteiger partial charge in [-0.25, -0.2) is 8.42 Å². The molecule has 1 saturated heterocycles. The van der Waals surface area contributed by atoms with Crippen LogP contribution in [0.3, 0.4) is 0 Å². The van der Waals surface area contributed by atoms with Crippen LogP contribution >= 0.6 is 24.0 Å². The van der Waals surface area contributed by atoms with Crippen molar-refractivity contribution in [2.45, 2.75) is 43.9 Å². The van der Waals surface area contributed by atoms with Gasteiger partial charge in [-0.15, -0.1) is 24.0 Å². The third kappa shape index (κ3) is 6.63. The molecule has 0 spiro atoms. The van der Waals surface area contributed by atoms with Gasteiger partial charge in [-0.1, -0.05) is 25.3 Å². The molecule has 3 rings (SSSR count). The van der Waals surface area contributed by atoms with Gasteiger partial charge in [-0.05, 0) is 42.9 Å². The van der Waals surface area contributed by atoms with Crippen LogP contribution in [0.25, 0.3) is 0 Å². The smallest absolute Gasteiger partial charge is 0.191 e. The molecule has 0 aromatic heterocycles. The number of halogens is 1. The largest absolute Gasteiger partial charge is 0.493 e. The van der Waals surface area contributed by atoms with Crippen LogP contribution in [-0.2, 0) is 15.3 Å². The van der Waals surface area contributed by atoms with E-state index in [1.54, 1.807) is 21.3 Å². The summed E-state index contributed by atoms with van der Waals surface area (Å²) in [6.07, 6.45) is 6.59. The van der Waals surface area contributed by atoms with Crippen LogP contribution in [0, 0.1) is 5.92 Å². The summed E-state index contributed by atoms with van der Waals surface area (Å²) in [5.41, 5.74) is 1.26. The van der Waals surface area contributed by atoms with E-state index in [1.807, 2.05) is 6.07 Å². The number of guanidine groups is 1. The normalized spacial score (nSPS) is 22.3. The number of aliphatic imine (C=N–C) groups is 1. The number of benzene rings is 1. The van der Waals surface area contributed by atoms with Gasteiger partial charge in [0.2, 0.25) is 0 Å². The minimum atomic E-state index is -2.86. The molecule has 1 heterocycles. The molecule has 1 saturated carbocycles. The fraction of sp³-hybridized carbons (Fsp3) is 0.682. The van der Waals surface area contributed by atoms with Crippen LogP contribution in [0.5, 0.6) is 11.5 Å². The first-order valence-corrected chi connectivity index (χ1v) is 12.6. The van der Waals surface area contributed by atoms with Gasteiger partial charge in [0.15, 0.2) is 27.3 Å². The summed E-state index contributed by atoms with van der Waals surface area (Å²) in [6, 6.07) is 6.23. The van der Waals surface area contributed by atoms with Crippen LogP contribution in [0.15, 0.2) is 23.2 Å². The van der Waals surface area contributed by atoms with Crippen LogP contribution in [0.1, 0.15) is 44.1 Å². The maximum atomic E-state index is 11.7. The average Bonchev–Trinajstić information content (AvgIpc) is 3.12. The molecule has 1 aromatic rings. The first-order chi connectivity index (χ1) is 14.4. The van der Waals surface area contributed by atoms with Gasteiger partial charge in [-0.3, -0.25) is 4.99 Å². The Morgan fingerprint density at radius 3 is 2.42 bits per heavy atom. The third-order valence-corrected chi connectivity index (χ3v) is 8.35. The molecule has 2 fully saturated rings. The van der Waals surface area contributed by atoms with Crippen LogP contribution in [0.2, 0.25) is 0 Å². The fourth-order valence-corrected chi connectivity index (χ4v) is 6.57. The molecule has 1 aromatic carbocycles. The van der Waals surface area contributed by atoms with Crippen molar-refractivity contribution in [2.24, 2.45) is 10.9 Å². The molecule has 0 amide bonds. The molecule has 0 bridgehead atoms. The molecule has 1 aliphatic carbocycles. The number of nitrogens with one attached hydrogen (secondary N) is 2. The van der Waals surface area contributed by atoms with E-state index in [1.165, 1.54) is 24.8 Å². The molecule has 7 nitrogen and oxygen atoms in total. The lowest BCUT2D eigenvalue weighted by Crippen LogP contribution is -2.47. The predicted molar refractivity (Wildman–Crippen MR) is 136 cm³/mol. The number of ether oxygens (including phenoxy) is 2. The van der Waals surface area contributed by atoms with E-state index < -0.39 is 9.84 Å². The Labute approximate surface area is 203 Å². The Morgan fingerprint density at radius 2 is 1.84 bits per heavy atom. The number of hydrogen-bond donors (Lipinski definition) is 2. The highest BCUT2D eigenvalue weighted by Crippen LogP contribution is 2.42. The summed E-state index contributed by atoms with van der Waals surface area (Å²) in [4.78, 5) is 4.36. The maximum Gasteiger partial charge on any atom is 0.191 e. The number of methoxy groups -OCH3 is 2. The van der Waals surface area contributed by atoms with E-state index in [2.05, 4.69) is 27.8 Å². The topological polar surface area (TPSA) is 89.0 Å². The molecular formula is C22H36IN3O4S. The maximum absolute atomic E-state index is 11.7. The summed E-state index contributed by atoms with van der Waals surface area (Å²) in [6.45, 7) is 1.40. The first kappa shape index (κ1) is 26.0. The zero-order chi connectivity index (χ0) is 21.6. The molecule has 1 atom stereocenters. The molecule has 1 unspecified atom stereocenters. The van der Waals surface area contributed by atoms with Crippen molar-refractivity contribution < 1.29 is 17.9 Å². The third-order valence-electron chi connectivity index (χ3n) is 6.51. The van der Waals surface area contributed by atoms with Crippen molar-refractivity contribution >= 4 is 39.8 Å². The lowest BCUT2D eigenvalue weighted by atomic mass is 9.69. The highest BCUT2D eigenvalue weighted by Gasteiger charge is 2.35. The van der Waals surface area contributed by atoms with E-state index in [0.717, 1.165) is 43.3 Å². The van der Waals surface area contributed by atoms with Crippen molar-refractivity contribution in [2.75, 3.05) is 45.9 Å². The predicted octanol–water partition coefficient (Wildman–Crippen LogP) is 3.12. The minimum absolute atomic E-state index is 0. The van der Waals surface area contributed by atoms with Gasteiger partial charge in [0, 0.05) is 25.6 Å². The van der Waals surface area contributed by atoms with Crippen LogP contribution in [0.4, 0.5) is 0 Å². The summed E-state index contributed by atoms with van der Waals surface area (Å²) >= 11 is 0. The highest BCUT2D eigenvalue weighted by molar-refractivity contribution is 14.0. The molecule has 2 N–H and O–H groups in total. The Morgan fingerprint density at radius 1 is 1.13 bits per heavy atom. The van der Waals surface area contributed by atoms with Crippen LogP contribution < -0.4 is 20.1 Å². The average molecular weight is 566 g/mol. The highest BCUT2D eigenvalue weighted by atomic mass is 127. The summed E-state index contributed by atoms with van der Waals surface area (Å²) < 4.78 is 34.3. The Kier molecular flexibility index (Phi) is 9.72. The van der Waals surface area contributed by atoms with E-state index in [4.69, 9.17) is 9.47 Å². The molecule has 2 aliphatic rings. The molecule has 176 valence electrons. The van der Waals surface area contributed by atoms with Gasteiger partial charge in [-0.2, -0.15) is 0 Å². The fourth-order valence-electron chi connectivity index (χ4n) is 4.71. The SMILES string of the molecule is CN=C(NCC1CCS(=O)(=O)C1)NCC1(c2ccc(OC)c(OC)c2)CCCCC1.I. The van der Waals surface area contributed by atoms with Crippen molar-refractivity contribution in [3.05, 3.63) is 23.8 Å². The summed E-state index contributed by atoms with van der Waals surface area (Å²) in [5.74, 6) is 2.95. The lowest BCUT2D eigenvalue weighted by Gasteiger charge is -2.38. The molecule has 1 aliphatic heterocycles. The van der Waals surface area contributed by atoms with Gasteiger partial charge >= 0.3 is 0 Å². The second kappa shape index (κ2) is 11.6. The Balaban J connectivity index is 0.00000341. The summed E-state index contributed by atoms with van der Waals surface area (Å²) in [5, 5.41) is 6.83. The van der Waals surface area contributed by atoms with Gasteiger partial charge in [0.05, 0.1) is 25.7 Å². The van der Waals surface area contributed by atoms with Crippen molar-refractivity contribution in [1.82, 2.24) is 10.6 Å². The second-order valence-corrected chi connectivity index (χ2v) is 10.7. The number of hydrogen-bond acceptors (Lipinski definition) is 5. The van der Waals surface area contributed by atoms with E-state index in [0.29, 0.717) is 12.3 Å². The minimum Gasteiger partial charge on any atom is -0.493 e. The van der Waals surface area contributed by atoms with Crippen LogP contribution in [-0.4, -0.2) is 60.2 Å². The molecule has 0 radical (unpaired) electrons. The zero-order valence-electron chi connectivity index (χ0n) is 18.8. The molecular weight excluding hydrogens is 529 g/mol. The standard InChI is InChI=1S/C22H35N3O4S.HI/c1-23-21(24-14-17-9-12-30(26,27)15-17)25-16-22(10-5-4-6-11-22)18-7-8-19(28-2)20(13-18)29-3;/h7-8,13,17H,4-6,9-12,14-16H2,1-3H3,(H2,23,24,25);1H. The van der Waals surface area contributed by atoms with Gasteiger partial charge < -0.3 is 20.1 Å². The van der Waals surface area contributed by atoms with Gasteiger partial charge in [0.25, 0.3) is 0 Å². The quantitative estimate of drug-likeness (QED) is 0.300.